The second-order valence-corrected chi connectivity index (χ2v) is 9.22. The van der Waals surface area contributed by atoms with E-state index in [1.165, 1.54) is 25.7 Å². The third kappa shape index (κ3) is 5.70. The second kappa shape index (κ2) is 10.2. The van der Waals surface area contributed by atoms with Crippen molar-refractivity contribution in [3.8, 4) is 6.07 Å². The number of pyridine rings is 1. The van der Waals surface area contributed by atoms with Gasteiger partial charge in [0.2, 0.25) is 0 Å². The molecule has 0 radical (unpaired) electrons. The Hall–Kier alpha value is -2.82. The topological polar surface area (TPSA) is 109 Å². The SMILES string of the molecule is CC(NC1CCCC(C#N)C1)C1CC1.O=c1[nH]ccc2[nH]nc(Nc3ccc(Cl)cc3)c12.[HH]. The summed E-state index contributed by atoms with van der Waals surface area (Å²) in [6.45, 7) is 2.30. The minimum atomic E-state index is -0.183. The first-order valence-corrected chi connectivity index (χ1v) is 11.7. The second-order valence-electron chi connectivity index (χ2n) is 8.78. The normalized spacial score (nSPS) is 21.3. The number of rotatable bonds is 5. The van der Waals surface area contributed by atoms with Crippen molar-refractivity contribution in [1.82, 2.24) is 20.5 Å². The minimum absolute atomic E-state index is 0. The van der Waals surface area contributed by atoms with Crippen molar-refractivity contribution in [2.45, 2.75) is 57.5 Å². The summed E-state index contributed by atoms with van der Waals surface area (Å²) in [7, 11) is 0. The molecular weight excluding hydrogens is 424 g/mol. The number of aromatic nitrogens is 3. The Morgan fingerprint density at radius 1 is 1.22 bits per heavy atom. The highest BCUT2D eigenvalue weighted by Crippen LogP contribution is 2.33. The van der Waals surface area contributed by atoms with Crippen molar-refractivity contribution in [2.24, 2.45) is 11.8 Å². The zero-order valence-electron chi connectivity index (χ0n) is 18.2. The average molecular weight is 455 g/mol. The standard InChI is InChI=1S/C12H9ClN4O.C12H20N2.H2/c13-7-1-3-8(4-2-7)15-11-10-9(16-17-11)5-6-14-12(10)18;1-9(11-5-6-11)14-12-4-2-3-10(7-12)8-13;/h1-6H,(H,14,18)(H2,15,16,17);9-12,14H,2-7H2,1H3;1H. The number of benzene rings is 1. The predicted molar refractivity (Wildman–Crippen MR) is 130 cm³/mol. The highest BCUT2D eigenvalue weighted by Gasteiger charge is 2.30. The molecule has 2 aromatic heterocycles. The van der Waals surface area contributed by atoms with Crippen molar-refractivity contribution < 1.29 is 1.43 Å². The first-order chi connectivity index (χ1) is 15.5. The molecule has 2 saturated carbocycles. The molecule has 170 valence electrons. The molecule has 2 heterocycles. The van der Waals surface area contributed by atoms with Gasteiger partial charge in [0.05, 0.1) is 11.6 Å². The van der Waals surface area contributed by atoms with Gasteiger partial charge < -0.3 is 15.6 Å². The van der Waals surface area contributed by atoms with E-state index in [2.05, 4.69) is 38.8 Å². The molecule has 3 atom stereocenters. The number of nitrogens with zero attached hydrogens (tertiary/aromatic N) is 2. The number of nitriles is 1. The van der Waals surface area contributed by atoms with Gasteiger partial charge in [0, 0.05) is 36.3 Å². The van der Waals surface area contributed by atoms with Crippen molar-refractivity contribution in [3.63, 3.8) is 0 Å². The summed E-state index contributed by atoms with van der Waals surface area (Å²) in [6, 6.07) is 12.6. The number of hydrogen-bond donors (Lipinski definition) is 4. The highest BCUT2D eigenvalue weighted by atomic mass is 35.5. The maximum absolute atomic E-state index is 11.7. The fourth-order valence-corrected chi connectivity index (χ4v) is 4.43. The van der Waals surface area contributed by atoms with Crippen LogP contribution in [0.25, 0.3) is 10.9 Å². The maximum atomic E-state index is 11.7. The van der Waals surface area contributed by atoms with Crippen LogP contribution in [0.2, 0.25) is 5.02 Å². The first-order valence-electron chi connectivity index (χ1n) is 11.3. The molecule has 0 aliphatic heterocycles. The van der Waals surface area contributed by atoms with Gasteiger partial charge in [-0.15, -0.1) is 0 Å². The summed E-state index contributed by atoms with van der Waals surface area (Å²) in [5.41, 5.74) is 1.32. The molecule has 2 fully saturated rings. The molecule has 0 bridgehead atoms. The summed E-state index contributed by atoms with van der Waals surface area (Å²) in [6.07, 6.45) is 9.09. The van der Waals surface area contributed by atoms with Crippen LogP contribution in [0.5, 0.6) is 0 Å². The fourth-order valence-electron chi connectivity index (χ4n) is 4.30. The van der Waals surface area contributed by atoms with Gasteiger partial charge in [-0.05, 0) is 75.3 Å². The minimum Gasteiger partial charge on any atom is -0.338 e. The predicted octanol–water partition coefficient (Wildman–Crippen LogP) is 5.35. The molecule has 0 amide bonds. The Morgan fingerprint density at radius 2 is 2.00 bits per heavy atom. The molecule has 3 unspecified atom stereocenters. The Morgan fingerprint density at radius 3 is 2.72 bits per heavy atom. The van der Waals surface area contributed by atoms with Crippen LogP contribution >= 0.6 is 11.6 Å². The molecule has 3 aromatic rings. The number of fused-ring (bicyclic) bond motifs is 1. The molecule has 2 aliphatic rings. The Bertz CT molecular complexity index is 1130. The van der Waals surface area contributed by atoms with E-state index in [-0.39, 0.29) is 6.99 Å². The van der Waals surface area contributed by atoms with Crippen LogP contribution in [0.4, 0.5) is 11.5 Å². The molecule has 32 heavy (non-hydrogen) atoms. The monoisotopic (exact) mass is 454 g/mol. The van der Waals surface area contributed by atoms with E-state index >= 15 is 0 Å². The Balaban J connectivity index is 0.000000186. The van der Waals surface area contributed by atoms with Crippen molar-refractivity contribution in [3.05, 3.63) is 51.9 Å². The smallest absolute Gasteiger partial charge is 0.261 e. The number of halogens is 1. The molecule has 5 rings (SSSR count). The zero-order valence-corrected chi connectivity index (χ0v) is 19.0. The molecule has 0 saturated heterocycles. The molecular formula is C24H31ClN6O. The molecule has 7 nitrogen and oxygen atoms in total. The van der Waals surface area contributed by atoms with E-state index < -0.39 is 0 Å². The van der Waals surface area contributed by atoms with Crippen LogP contribution in [-0.2, 0) is 0 Å². The molecule has 2 aliphatic carbocycles. The zero-order chi connectivity index (χ0) is 22.5. The van der Waals surface area contributed by atoms with Crippen molar-refractivity contribution in [1.29, 1.82) is 5.26 Å². The lowest BCUT2D eigenvalue weighted by Gasteiger charge is -2.29. The quantitative estimate of drug-likeness (QED) is 0.415. The van der Waals surface area contributed by atoms with Gasteiger partial charge in [-0.25, -0.2) is 0 Å². The number of aromatic amines is 2. The highest BCUT2D eigenvalue weighted by molar-refractivity contribution is 6.30. The van der Waals surface area contributed by atoms with Crippen molar-refractivity contribution in [2.75, 3.05) is 5.32 Å². The largest absolute Gasteiger partial charge is 0.338 e. The van der Waals surface area contributed by atoms with E-state index in [1.54, 1.807) is 24.4 Å². The van der Waals surface area contributed by atoms with Crippen LogP contribution in [0.3, 0.4) is 0 Å². The molecule has 1 aromatic carbocycles. The van der Waals surface area contributed by atoms with Gasteiger partial charge >= 0.3 is 0 Å². The van der Waals surface area contributed by atoms with Crippen LogP contribution in [0.1, 0.15) is 46.9 Å². The number of anilines is 2. The van der Waals surface area contributed by atoms with Crippen LogP contribution in [-0.4, -0.2) is 27.3 Å². The van der Waals surface area contributed by atoms with Crippen molar-refractivity contribution >= 4 is 34.0 Å². The third-order valence-corrected chi connectivity index (χ3v) is 6.53. The van der Waals surface area contributed by atoms with Gasteiger partial charge in [0.25, 0.3) is 5.56 Å². The lowest BCUT2D eigenvalue weighted by molar-refractivity contribution is 0.297. The molecule has 4 N–H and O–H groups in total. The number of nitrogens with one attached hydrogen (secondary N) is 4. The van der Waals surface area contributed by atoms with E-state index in [9.17, 15) is 4.79 Å². The first kappa shape index (κ1) is 22.4. The average Bonchev–Trinajstić information content (AvgIpc) is 3.58. The van der Waals surface area contributed by atoms with E-state index in [1.807, 2.05) is 12.1 Å². The fraction of sp³-hybridized carbons (Fsp3) is 0.458. The van der Waals surface area contributed by atoms with E-state index in [0.29, 0.717) is 39.7 Å². The third-order valence-electron chi connectivity index (χ3n) is 6.28. The molecule has 0 spiro atoms. The van der Waals surface area contributed by atoms with Gasteiger partial charge in [0.15, 0.2) is 5.82 Å². The van der Waals surface area contributed by atoms with E-state index in [0.717, 1.165) is 24.4 Å². The Labute approximate surface area is 194 Å². The van der Waals surface area contributed by atoms with Crippen LogP contribution < -0.4 is 16.2 Å². The number of hydrogen-bond acceptors (Lipinski definition) is 5. The Kier molecular flexibility index (Phi) is 7.13. The summed E-state index contributed by atoms with van der Waals surface area (Å²) in [5, 5.41) is 23.7. The summed E-state index contributed by atoms with van der Waals surface area (Å²) in [4.78, 5) is 14.3. The lowest BCUT2D eigenvalue weighted by atomic mass is 9.86. The van der Waals surface area contributed by atoms with Crippen LogP contribution in [0.15, 0.2) is 41.3 Å². The van der Waals surface area contributed by atoms with E-state index in [4.69, 9.17) is 16.9 Å². The van der Waals surface area contributed by atoms with Gasteiger partial charge in [0.1, 0.15) is 5.39 Å². The molecule has 8 heteroatoms. The summed E-state index contributed by atoms with van der Waals surface area (Å²) in [5.74, 6) is 1.74. The summed E-state index contributed by atoms with van der Waals surface area (Å²) >= 11 is 5.81. The number of H-pyrrole nitrogens is 2. The summed E-state index contributed by atoms with van der Waals surface area (Å²) < 4.78 is 0. The lowest BCUT2D eigenvalue weighted by Crippen LogP contribution is -2.40. The van der Waals surface area contributed by atoms with Gasteiger partial charge in [-0.1, -0.05) is 18.0 Å². The van der Waals surface area contributed by atoms with Crippen LogP contribution in [0, 0.1) is 23.2 Å². The maximum Gasteiger partial charge on any atom is 0.261 e. The van der Waals surface area contributed by atoms with Gasteiger partial charge in [-0.3, -0.25) is 9.89 Å². The van der Waals surface area contributed by atoms with Gasteiger partial charge in [-0.2, -0.15) is 10.4 Å².